The molecule has 3 fully saturated rings. The number of pyridine rings is 1. The number of alkyl halides is 2. The first-order chi connectivity index (χ1) is 20.7. The van der Waals surface area contributed by atoms with Gasteiger partial charge < -0.3 is 24.6 Å². The molecule has 43 heavy (non-hydrogen) atoms. The molecule has 3 aliphatic carbocycles. The third-order valence-corrected chi connectivity index (χ3v) is 9.16. The van der Waals surface area contributed by atoms with Crippen LogP contribution in [-0.4, -0.2) is 71.4 Å². The molecule has 1 aromatic heterocycles. The second-order valence-corrected chi connectivity index (χ2v) is 12.3. The number of nitrogens with zero attached hydrogens (tertiary/aromatic N) is 3. The van der Waals surface area contributed by atoms with Gasteiger partial charge in [-0.1, -0.05) is 31.4 Å². The summed E-state index contributed by atoms with van der Waals surface area (Å²) in [4.78, 5) is 46.9. The van der Waals surface area contributed by atoms with E-state index in [-0.39, 0.29) is 47.9 Å². The van der Waals surface area contributed by atoms with Crippen LogP contribution in [0.15, 0.2) is 41.9 Å². The van der Waals surface area contributed by atoms with Gasteiger partial charge in [0.15, 0.2) is 5.76 Å². The van der Waals surface area contributed by atoms with E-state index in [9.17, 15) is 23.2 Å². The highest BCUT2D eigenvalue weighted by atomic mass is 19.3. The molecule has 234 valence electrons. The van der Waals surface area contributed by atoms with Gasteiger partial charge in [0.1, 0.15) is 17.5 Å². The molecule has 3 atom stereocenters. The average molecular weight is 601 g/mol. The Morgan fingerprint density at radius 3 is 2.60 bits per heavy atom. The van der Waals surface area contributed by atoms with E-state index in [4.69, 9.17) is 9.47 Å². The topological polar surface area (TPSA) is 101 Å². The molecule has 0 spiro atoms. The maximum Gasteiger partial charge on any atom is 0.387 e. The van der Waals surface area contributed by atoms with Gasteiger partial charge in [0, 0.05) is 33.0 Å². The monoisotopic (exact) mass is 600 g/mol. The quantitative estimate of drug-likeness (QED) is 0.392. The number of likely N-dealkylation sites (tertiary alicyclic amines) is 1. The summed E-state index contributed by atoms with van der Waals surface area (Å²) in [5, 5.41) is 2.91. The number of aromatic nitrogens is 1. The minimum Gasteiger partial charge on any atom is -0.494 e. The molecule has 4 aliphatic rings. The van der Waals surface area contributed by atoms with Gasteiger partial charge in [-0.2, -0.15) is 8.78 Å². The molecular weight excluding hydrogens is 558 g/mol. The molecule has 5 rings (SSSR count). The van der Waals surface area contributed by atoms with Crippen molar-refractivity contribution in [1.29, 1.82) is 0 Å². The zero-order valence-electron chi connectivity index (χ0n) is 25.0. The Hall–Kier alpha value is -3.50. The number of hydrogen-bond acceptors (Lipinski definition) is 6. The van der Waals surface area contributed by atoms with Gasteiger partial charge >= 0.3 is 6.61 Å². The van der Waals surface area contributed by atoms with Crippen molar-refractivity contribution < 1.29 is 32.6 Å². The van der Waals surface area contributed by atoms with Crippen molar-refractivity contribution in [3.8, 4) is 0 Å². The van der Waals surface area contributed by atoms with E-state index in [1.807, 2.05) is 13.1 Å². The van der Waals surface area contributed by atoms with Gasteiger partial charge in [-0.05, 0) is 68.1 Å². The van der Waals surface area contributed by atoms with Crippen molar-refractivity contribution in [2.75, 3.05) is 20.2 Å². The van der Waals surface area contributed by atoms with Crippen LogP contribution in [0.1, 0.15) is 80.9 Å². The Labute approximate surface area is 251 Å². The molecule has 0 bridgehead atoms. The van der Waals surface area contributed by atoms with Gasteiger partial charge in [-0.3, -0.25) is 14.4 Å². The lowest BCUT2D eigenvalue weighted by Crippen LogP contribution is -2.45. The first kappa shape index (κ1) is 30.9. The van der Waals surface area contributed by atoms with Crippen molar-refractivity contribution in [3.05, 3.63) is 53.3 Å². The van der Waals surface area contributed by atoms with E-state index in [1.54, 1.807) is 28.0 Å². The van der Waals surface area contributed by atoms with E-state index in [1.165, 1.54) is 19.4 Å². The van der Waals surface area contributed by atoms with Crippen molar-refractivity contribution in [2.45, 2.75) is 90.0 Å². The number of hydrogen-bond donors (Lipinski definition) is 1. The van der Waals surface area contributed by atoms with Crippen molar-refractivity contribution in [3.63, 3.8) is 0 Å². The molecule has 11 heteroatoms. The van der Waals surface area contributed by atoms with E-state index in [0.717, 1.165) is 38.5 Å². The van der Waals surface area contributed by atoms with E-state index in [2.05, 4.69) is 10.3 Å². The summed E-state index contributed by atoms with van der Waals surface area (Å²) in [7, 11) is 1.83. The Bertz CT molecular complexity index is 1240. The van der Waals surface area contributed by atoms with Crippen molar-refractivity contribution in [1.82, 2.24) is 20.1 Å². The lowest BCUT2D eigenvalue weighted by Gasteiger charge is -2.31. The van der Waals surface area contributed by atoms with Crippen LogP contribution in [0.3, 0.4) is 0 Å². The van der Waals surface area contributed by atoms with Crippen LogP contribution in [0.25, 0.3) is 0 Å². The number of ether oxygens (including phenoxy) is 2. The highest BCUT2D eigenvalue weighted by Crippen LogP contribution is 2.39. The predicted molar refractivity (Wildman–Crippen MR) is 154 cm³/mol. The molecule has 1 aliphatic heterocycles. The molecule has 1 N–H and O–H groups in total. The summed E-state index contributed by atoms with van der Waals surface area (Å²) >= 11 is 0. The summed E-state index contributed by atoms with van der Waals surface area (Å²) < 4.78 is 36.6. The number of carbonyl (C=O) groups excluding carboxylic acids is 3. The lowest BCUT2D eigenvalue weighted by atomic mass is 9.84. The number of rotatable bonds is 11. The third kappa shape index (κ3) is 7.92. The van der Waals surface area contributed by atoms with Crippen LogP contribution in [0.5, 0.6) is 0 Å². The zero-order chi connectivity index (χ0) is 30.5. The summed E-state index contributed by atoms with van der Waals surface area (Å²) in [6.45, 7) is -0.538. The number of halogens is 2. The molecule has 2 heterocycles. The second-order valence-electron chi connectivity index (χ2n) is 12.3. The van der Waals surface area contributed by atoms with E-state index in [0.29, 0.717) is 49.1 Å². The molecular formula is C32H42F2N4O5. The normalized spacial score (nSPS) is 24.3. The van der Waals surface area contributed by atoms with Crippen molar-refractivity contribution in [2.24, 2.45) is 17.8 Å². The van der Waals surface area contributed by atoms with Crippen LogP contribution < -0.4 is 5.32 Å². The minimum absolute atomic E-state index is 0.0424. The fourth-order valence-electron chi connectivity index (χ4n) is 6.43. The second kappa shape index (κ2) is 13.9. The van der Waals surface area contributed by atoms with Gasteiger partial charge in [-0.25, -0.2) is 4.98 Å². The number of allylic oxidation sites excluding steroid dienone is 3. The summed E-state index contributed by atoms with van der Waals surface area (Å²) in [5.41, 5.74) is 0.905. The number of carbonyl (C=O) groups is 3. The van der Waals surface area contributed by atoms with Crippen LogP contribution in [0, 0.1) is 17.8 Å². The van der Waals surface area contributed by atoms with Gasteiger partial charge in [0.05, 0.1) is 18.8 Å². The highest BCUT2D eigenvalue weighted by Gasteiger charge is 2.42. The van der Waals surface area contributed by atoms with E-state index >= 15 is 0 Å². The standard InChI is InChI=1S/C32H42F2N4O5/c1-20(39)38-18-23(22-13-14-28(43-32(33)34)29(16-22)42-19-21-11-12-21)15-27(38)30(40)35-17-24-7-6-10-26(36-24)31(41)37(2)25-8-4-3-5-9-25/h6-7,10,13-14,21-23,25,27,32H,3-5,8-9,11-12,15-19H2,1-2H3,(H,35,40)/t22?,23?,27-/m1/s1. The van der Waals surface area contributed by atoms with Crippen molar-refractivity contribution >= 4 is 17.7 Å². The van der Waals surface area contributed by atoms with Gasteiger partial charge in [0.25, 0.3) is 5.91 Å². The first-order valence-corrected chi connectivity index (χ1v) is 15.5. The van der Waals surface area contributed by atoms with E-state index < -0.39 is 12.7 Å². The molecule has 0 radical (unpaired) electrons. The molecule has 2 unspecified atom stereocenters. The lowest BCUT2D eigenvalue weighted by molar-refractivity contribution is -0.137. The molecule has 0 aromatic carbocycles. The molecule has 9 nitrogen and oxygen atoms in total. The minimum atomic E-state index is -2.95. The predicted octanol–water partition coefficient (Wildman–Crippen LogP) is 4.79. The molecule has 2 saturated carbocycles. The summed E-state index contributed by atoms with van der Waals surface area (Å²) in [5.74, 6) is 0.112. The smallest absolute Gasteiger partial charge is 0.387 e. The Balaban J connectivity index is 1.19. The maximum absolute atomic E-state index is 13.4. The Morgan fingerprint density at radius 1 is 1.14 bits per heavy atom. The summed E-state index contributed by atoms with van der Waals surface area (Å²) in [6.07, 6.45) is 11.7. The Kier molecular flexibility index (Phi) is 9.97. The van der Waals surface area contributed by atoms with Crippen LogP contribution in [-0.2, 0) is 25.6 Å². The Morgan fingerprint density at radius 2 is 1.91 bits per heavy atom. The molecule has 1 saturated heterocycles. The van der Waals surface area contributed by atoms with Crippen LogP contribution >= 0.6 is 0 Å². The summed E-state index contributed by atoms with van der Waals surface area (Å²) in [6, 6.07) is 4.77. The van der Waals surface area contributed by atoms with Crippen LogP contribution in [0.4, 0.5) is 8.78 Å². The molecule has 1 aromatic rings. The highest BCUT2D eigenvalue weighted by molar-refractivity contribution is 5.92. The van der Waals surface area contributed by atoms with Gasteiger partial charge in [0.2, 0.25) is 11.8 Å². The fourth-order valence-corrected chi connectivity index (χ4v) is 6.43. The fraction of sp³-hybridized carbons (Fsp3) is 0.625. The first-order valence-electron chi connectivity index (χ1n) is 15.5. The number of amides is 3. The largest absolute Gasteiger partial charge is 0.494 e. The van der Waals surface area contributed by atoms with Gasteiger partial charge in [-0.15, -0.1) is 0 Å². The SMILES string of the molecule is CC(=O)N1CC(C2C=CC(OC(F)F)=C(OCC3CC3)C2)C[C@@H]1C(=O)NCc1cccc(C(=O)N(C)C2CCCCC2)n1. The number of nitrogens with one attached hydrogen (secondary N) is 1. The zero-order valence-corrected chi connectivity index (χ0v) is 25.0. The average Bonchev–Trinajstić information content (AvgIpc) is 3.73. The van der Waals surface area contributed by atoms with Crippen LogP contribution in [0.2, 0.25) is 0 Å². The maximum atomic E-state index is 13.4. The molecule has 3 amide bonds. The third-order valence-electron chi connectivity index (χ3n) is 9.16.